The minimum atomic E-state index is -0.351. The van der Waals surface area contributed by atoms with Crippen LogP contribution in [0.4, 0.5) is 0 Å². The van der Waals surface area contributed by atoms with Gasteiger partial charge in [-0.25, -0.2) is 0 Å². The van der Waals surface area contributed by atoms with E-state index >= 15 is 0 Å². The Hall–Kier alpha value is -2.08. The molecule has 3 N–H and O–H groups in total. The second-order valence-electron chi connectivity index (χ2n) is 7.42. The third kappa shape index (κ3) is 13.1. The average molecular weight is 395 g/mol. The fraction of sp³-hybridized carbons (Fsp3) is 0.636. The van der Waals surface area contributed by atoms with Gasteiger partial charge in [0.2, 0.25) is 5.91 Å². The first-order valence-electron chi connectivity index (χ1n) is 10.1. The van der Waals surface area contributed by atoms with Crippen LogP contribution in [-0.4, -0.2) is 42.2 Å². The lowest BCUT2D eigenvalue weighted by atomic mass is 10.0. The number of rotatable bonds is 16. The van der Waals surface area contributed by atoms with Gasteiger partial charge in [0.25, 0.3) is 5.91 Å². The summed E-state index contributed by atoms with van der Waals surface area (Å²) in [5.41, 5.74) is -0.117. The highest BCUT2D eigenvalue weighted by Gasteiger charge is 2.19. The summed E-state index contributed by atoms with van der Waals surface area (Å²) in [5.74, 6) is -0.535. The Bertz CT molecular complexity index is 539. The topological polar surface area (TPSA) is 87.7 Å². The lowest BCUT2D eigenvalue weighted by Gasteiger charge is -2.26. The summed E-state index contributed by atoms with van der Waals surface area (Å²) < 4.78 is 5.35. The predicted molar refractivity (Wildman–Crippen MR) is 114 cm³/mol. The van der Waals surface area contributed by atoms with Gasteiger partial charge in [0, 0.05) is 31.7 Å². The number of allylic oxidation sites excluding steroid dienone is 2. The first-order valence-corrected chi connectivity index (χ1v) is 10.1. The van der Waals surface area contributed by atoms with E-state index in [1.54, 1.807) is 0 Å². The Morgan fingerprint density at radius 1 is 1.14 bits per heavy atom. The molecule has 2 amide bonds. The number of nitrogens with one attached hydrogen (secondary N) is 2. The smallest absolute Gasteiger partial charge is 0.255 e. The molecular formula is C22H38N2O4. The minimum Gasteiger partial charge on any atom is -0.508 e. The van der Waals surface area contributed by atoms with Crippen molar-refractivity contribution in [2.75, 3.05) is 19.8 Å². The number of aliphatic hydroxyl groups excluding tert-OH is 1. The van der Waals surface area contributed by atoms with Crippen molar-refractivity contribution in [1.29, 1.82) is 0 Å². The molecular weight excluding hydrogens is 356 g/mol. The second kappa shape index (κ2) is 14.9. The predicted octanol–water partition coefficient (Wildman–Crippen LogP) is 3.95. The zero-order chi connectivity index (χ0) is 21.4. The third-order valence-electron chi connectivity index (χ3n) is 4.26. The van der Waals surface area contributed by atoms with E-state index < -0.39 is 0 Å². The molecule has 0 bridgehead atoms. The Morgan fingerprint density at radius 3 is 2.39 bits per heavy atom. The molecule has 0 saturated heterocycles. The quantitative estimate of drug-likeness (QED) is 0.160. The van der Waals surface area contributed by atoms with Crippen LogP contribution in [0.25, 0.3) is 0 Å². The van der Waals surface area contributed by atoms with Crippen molar-refractivity contribution in [2.45, 2.75) is 71.3 Å². The van der Waals surface area contributed by atoms with E-state index in [-0.39, 0.29) is 28.7 Å². The van der Waals surface area contributed by atoms with Crippen LogP contribution in [0.1, 0.15) is 65.7 Å². The Kier molecular flexibility index (Phi) is 13.8. The lowest BCUT2D eigenvalue weighted by molar-refractivity contribution is -0.123. The molecule has 0 aromatic heterocycles. The number of aliphatic hydroxyl groups is 1. The monoisotopic (exact) mass is 394 g/mol. The maximum absolute atomic E-state index is 12.0. The molecule has 0 fully saturated rings. The van der Waals surface area contributed by atoms with Crippen molar-refractivity contribution >= 4 is 11.8 Å². The SMILES string of the molecule is C=C/C=C(\C(=C)O)C(=O)NCCCCCCCC(=O)NC(C)(C)CCOCC. The van der Waals surface area contributed by atoms with Crippen LogP contribution >= 0.6 is 0 Å². The largest absolute Gasteiger partial charge is 0.508 e. The van der Waals surface area contributed by atoms with E-state index in [9.17, 15) is 14.7 Å². The van der Waals surface area contributed by atoms with Crippen molar-refractivity contribution in [1.82, 2.24) is 10.6 Å². The molecule has 0 aliphatic carbocycles. The van der Waals surface area contributed by atoms with Crippen LogP contribution in [0.3, 0.4) is 0 Å². The molecule has 28 heavy (non-hydrogen) atoms. The van der Waals surface area contributed by atoms with Gasteiger partial charge in [-0.2, -0.15) is 0 Å². The molecule has 6 heteroatoms. The molecule has 160 valence electrons. The second-order valence-corrected chi connectivity index (χ2v) is 7.42. The summed E-state index contributed by atoms with van der Waals surface area (Å²) in [7, 11) is 0. The van der Waals surface area contributed by atoms with Crippen LogP contribution in [0.5, 0.6) is 0 Å². The number of amides is 2. The Labute approximate surface area is 170 Å². The molecule has 0 aromatic carbocycles. The summed E-state index contributed by atoms with van der Waals surface area (Å²) in [6.45, 7) is 14.7. The van der Waals surface area contributed by atoms with E-state index in [1.807, 2.05) is 20.8 Å². The molecule has 0 aromatic rings. The number of hydrogen-bond acceptors (Lipinski definition) is 4. The first-order chi connectivity index (χ1) is 13.2. The first kappa shape index (κ1) is 25.9. The molecule has 0 aliphatic rings. The highest BCUT2D eigenvalue weighted by molar-refractivity contribution is 5.97. The molecule has 6 nitrogen and oxygen atoms in total. The molecule has 0 radical (unpaired) electrons. The number of carbonyl (C=O) groups is 2. The van der Waals surface area contributed by atoms with Gasteiger partial charge in [0.05, 0.1) is 5.57 Å². The van der Waals surface area contributed by atoms with Crippen LogP contribution in [0.15, 0.2) is 36.6 Å². The summed E-state index contributed by atoms with van der Waals surface area (Å²) in [4.78, 5) is 23.9. The van der Waals surface area contributed by atoms with Crippen molar-refractivity contribution < 1.29 is 19.4 Å². The molecule has 0 heterocycles. The normalized spacial score (nSPS) is 11.8. The summed E-state index contributed by atoms with van der Waals surface area (Å²) >= 11 is 0. The van der Waals surface area contributed by atoms with Gasteiger partial charge >= 0.3 is 0 Å². The van der Waals surface area contributed by atoms with Gasteiger partial charge in [-0.3, -0.25) is 9.59 Å². The molecule has 0 atom stereocenters. The van der Waals surface area contributed by atoms with Crippen molar-refractivity contribution in [3.8, 4) is 0 Å². The third-order valence-corrected chi connectivity index (χ3v) is 4.26. The van der Waals surface area contributed by atoms with Crippen molar-refractivity contribution in [2.24, 2.45) is 0 Å². The van der Waals surface area contributed by atoms with Gasteiger partial charge in [0.15, 0.2) is 0 Å². The maximum Gasteiger partial charge on any atom is 0.255 e. The van der Waals surface area contributed by atoms with Gasteiger partial charge in [-0.15, -0.1) is 0 Å². The summed E-state index contributed by atoms with van der Waals surface area (Å²) in [5, 5.41) is 15.2. The van der Waals surface area contributed by atoms with Crippen LogP contribution in [0, 0.1) is 0 Å². The van der Waals surface area contributed by atoms with E-state index in [4.69, 9.17) is 4.74 Å². The van der Waals surface area contributed by atoms with Crippen LogP contribution in [0.2, 0.25) is 0 Å². The minimum absolute atomic E-state index is 0.0829. The highest BCUT2D eigenvalue weighted by Crippen LogP contribution is 2.11. The average Bonchev–Trinajstić information content (AvgIpc) is 2.61. The fourth-order valence-electron chi connectivity index (χ4n) is 2.63. The number of unbranched alkanes of at least 4 members (excludes halogenated alkanes) is 4. The van der Waals surface area contributed by atoms with Crippen LogP contribution < -0.4 is 10.6 Å². The van der Waals surface area contributed by atoms with E-state index in [2.05, 4.69) is 23.8 Å². The zero-order valence-electron chi connectivity index (χ0n) is 17.8. The summed E-state index contributed by atoms with van der Waals surface area (Å²) in [6.07, 6.45) is 8.87. The zero-order valence-corrected chi connectivity index (χ0v) is 17.8. The van der Waals surface area contributed by atoms with Gasteiger partial charge in [0.1, 0.15) is 5.76 Å². The molecule has 0 unspecified atom stereocenters. The van der Waals surface area contributed by atoms with E-state index in [1.165, 1.54) is 12.2 Å². The Morgan fingerprint density at radius 2 is 1.79 bits per heavy atom. The lowest BCUT2D eigenvalue weighted by Crippen LogP contribution is -2.44. The number of hydrogen-bond donors (Lipinski definition) is 3. The molecule has 0 aliphatic heterocycles. The molecule has 0 spiro atoms. The van der Waals surface area contributed by atoms with Gasteiger partial charge < -0.3 is 20.5 Å². The summed E-state index contributed by atoms with van der Waals surface area (Å²) in [6, 6.07) is 0. The van der Waals surface area contributed by atoms with Crippen molar-refractivity contribution in [3.63, 3.8) is 0 Å². The van der Waals surface area contributed by atoms with Gasteiger partial charge in [-0.05, 0) is 46.1 Å². The standard InChI is InChI=1S/C22H38N2O4/c1-6-13-19(18(3)25)21(27)23-16-12-10-8-9-11-14-20(26)24-22(4,5)15-17-28-7-2/h6,13,25H,1,3,7-12,14-17H2,2,4-5H3,(H,23,27)(H,24,26)/b19-13+. The van der Waals surface area contributed by atoms with E-state index in [0.717, 1.165) is 38.5 Å². The van der Waals surface area contributed by atoms with Crippen molar-refractivity contribution in [3.05, 3.63) is 36.6 Å². The number of carbonyl (C=O) groups excluding carboxylic acids is 2. The van der Waals surface area contributed by atoms with Crippen LogP contribution in [-0.2, 0) is 14.3 Å². The number of ether oxygens (including phenoxy) is 1. The fourth-order valence-corrected chi connectivity index (χ4v) is 2.63. The Balaban J connectivity index is 3.80. The maximum atomic E-state index is 12.0. The van der Waals surface area contributed by atoms with Gasteiger partial charge in [-0.1, -0.05) is 38.5 Å². The molecule has 0 saturated carbocycles. The van der Waals surface area contributed by atoms with E-state index in [0.29, 0.717) is 26.2 Å². The highest BCUT2D eigenvalue weighted by atomic mass is 16.5. The molecule has 0 rings (SSSR count).